The minimum atomic E-state index is 0.596. The number of nitrogens with zero attached hydrogens (tertiary/aromatic N) is 1. The summed E-state index contributed by atoms with van der Waals surface area (Å²) in [6, 6.07) is 0. The highest BCUT2D eigenvalue weighted by molar-refractivity contribution is 5.87. The molecule has 0 radical (unpaired) electrons. The number of hydrogen-bond donors (Lipinski definition) is 1. The van der Waals surface area contributed by atoms with Gasteiger partial charge >= 0.3 is 0 Å². The molecule has 0 spiro atoms. The Bertz CT molecular complexity index is 204. The van der Waals surface area contributed by atoms with E-state index in [1.54, 1.807) is 0 Å². The van der Waals surface area contributed by atoms with Crippen LogP contribution in [0.4, 0.5) is 0 Å². The standard InChI is InChI=1S/C10H18N2/c1-8(12-2)10-5-3-4-9(10)6-7-11/h6,10H,3-5,7,11H2,1-2H3. The molecule has 1 fully saturated rings. The van der Waals surface area contributed by atoms with Gasteiger partial charge in [0.15, 0.2) is 0 Å². The number of hydrogen-bond acceptors (Lipinski definition) is 2. The van der Waals surface area contributed by atoms with E-state index in [-0.39, 0.29) is 0 Å². The van der Waals surface area contributed by atoms with Gasteiger partial charge in [0.05, 0.1) is 0 Å². The normalized spacial score (nSPS) is 28.4. The van der Waals surface area contributed by atoms with Gasteiger partial charge in [-0.05, 0) is 26.2 Å². The summed E-state index contributed by atoms with van der Waals surface area (Å²) in [6.45, 7) is 2.78. The summed E-state index contributed by atoms with van der Waals surface area (Å²) in [5.74, 6) is 0.596. The molecule has 1 rings (SSSR count). The van der Waals surface area contributed by atoms with E-state index in [4.69, 9.17) is 5.73 Å². The maximum atomic E-state index is 5.50. The Labute approximate surface area is 74.6 Å². The third-order valence-electron chi connectivity index (χ3n) is 2.64. The first-order valence-corrected chi connectivity index (χ1v) is 4.62. The van der Waals surface area contributed by atoms with E-state index < -0.39 is 0 Å². The van der Waals surface area contributed by atoms with E-state index >= 15 is 0 Å². The molecule has 0 aliphatic heterocycles. The zero-order valence-corrected chi connectivity index (χ0v) is 8.01. The van der Waals surface area contributed by atoms with Gasteiger partial charge in [0.1, 0.15) is 0 Å². The monoisotopic (exact) mass is 166 g/mol. The molecule has 1 atom stereocenters. The lowest BCUT2D eigenvalue weighted by atomic mass is 9.97. The second kappa shape index (κ2) is 4.41. The molecule has 12 heavy (non-hydrogen) atoms. The summed E-state index contributed by atoms with van der Waals surface area (Å²) in [6.07, 6.45) is 5.93. The van der Waals surface area contributed by atoms with Gasteiger partial charge in [0, 0.05) is 25.2 Å². The van der Waals surface area contributed by atoms with Crippen molar-refractivity contribution in [3.8, 4) is 0 Å². The molecular weight excluding hydrogens is 148 g/mol. The third kappa shape index (κ3) is 1.95. The Morgan fingerprint density at radius 3 is 3.08 bits per heavy atom. The highest BCUT2D eigenvalue weighted by Gasteiger charge is 2.22. The lowest BCUT2D eigenvalue weighted by Gasteiger charge is -2.10. The molecule has 0 aromatic carbocycles. The molecule has 1 unspecified atom stereocenters. The summed E-state index contributed by atoms with van der Waals surface area (Å²) >= 11 is 0. The molecule has 0 aromatic heterocycles. The van der Waals surface area contributed by atoms with Crippen LogP contribution in [-0.4, -0.2) is 19.3 Å². The third-order valence-corrected chi connectivity index (χ3v) is 2.64. The van der Waals surface area contributed by atoms with Crippen molar-refractivity contribution in [2.45, 2.75) is 26.2 Å². The molecule has 0 saturated heterocycles. The van der Waals surface area contributed by atoms with E-state index in [1.165, 1.54) is 30.5 Å². The molecule has 0 amide bonds. The van der Waals surface area contributed by atoms with Crippen LogP contribution in [0.1, 0.15) is 26.2 Å². The highest BCUT2D eigenvalue weighted by Crippen LogP contribution is 2.31. The lowest BCUT2D eigenvalue weighted by Crippen LogP contribution is -2.10. The summed E-state index contributed by atoms with van der Waals surface area (Å²) in [5, 5.41) is 0. The number of aliphatic imine (C=N–C) groups is 1. The largest absolute Gasteiger partial charge is 0.327 e. The molecule has 0 bridgehead atoms. The van der Waals surface area contributed by atoms with Crippen molar-refractivity contribution >= 4 is 5.71 Å². The van der Waals surface area contributed by atoms with E-state index in [1.807, 2.05) is 7.05 Å². The van der Waals surface area contributed by atoms with Crippen LogP contribution in [0.25, 0.3) is 0 Å². The molecule has 2 nitrogen and oxygen atoms in total. The molecule has 1 aliphatic carbocycles. The quantitative estimate of drug-likeness (QED) is 0.492. The number of nitrogens with two attached hydrogens (primary N) is 1. The SMILES string of the molecule is CN=C(C)C1CCCC1=CCN. The molecule has 1 aliphatic rings. The van der Waals surface area contributed by atoms with Gasteiger partial charge in [-0.1, -0.05) is 11.6 Å². The minimum absolute atomic E-state index is 0.596. The zero-order valence-electron chi connectivity index (χ0n) is 8.01. The Balaban J connectivity index is 2.70. The number of allylic oxidation sites excluding steroid dienone is 1. The lowest BCUT2D eigenvalue weighted by molar-refractivity contribution is 0.794. The molecule has 1 saturated carbocycles. The highest BCUT2D eigenvalue weighted by atomic mass is 14.7. The predicted octanol–water partition coefficient (Wildman–Crippen LogP) is 1.76. The Morgan fingerprint density at radius 1 is 1.75 bits per heavy atom. The van der Waals surface area contributed by atoms with E-state index in [9.17, 15) is 0 Å². The predicted molar refractivity (Wildman–Crippen MR) is 53.5 cm³/mol. The molecular formula is C10H18N2. The van der Waals surface area contributed by atoms with Crippen LogP contribution in [0, 0.1) is 5.92 Å². The maximum Gasteiger partial charge on any atom is 0.0276 e. The summed E-state index contributed by atoms with van der Waals surface area (Å²) in [4.78, 5) is 4.24. The Hall–Kier alpha value is -0.630. The first-order chi connectivity index (χ1) is 5.79. The molecule has 2 N–H and O–H groups in total. The molecule has 0 heterocycles. The van der Waals surface area contributed by atoms with Crippen LogP contribution in [-0.2, 0) is 0 Å². The first-order valence-electron chi connectivity index (χ1n) is 4.62. The van der Waals surface area contributed by atoms with E-state index in [0.29, 0.717) is 12.5 Å². The zero-order chi connectivity index (χ0) is 8.97. The van der Waals surface area contributed by atoms with Crippen molar-refractivity contribution < 1.29 is 0 Å². The van der Waals surface area contributed by atoms with Crippen LogP contribution < -0.4 is 5.73 Å². The fourth-order valence-corrected chi connectivity index (χ4v) is 1.90. The van der Waals surface area contributed by atoms with Gasteiger partial charge in [0.25, 0.3) is 0 Å². The summed E-state index contributed by atoms with van der Waals surface area (Å²) in [5.41, 5.74) is 8.25. The van der Waals surface area contributed by atoms with Gasteiger partial charge in [-0.3, -0.25) is 4.99 Å². The van der Waals surface area contributed by atoms with Crippen LogP contribution in [0.5, 0.6) is 0 Å². The van der Waals surface area contributed by atoms with Gasteiger partial charge < -0.3 is 5.73 Å². The Morgan fingerprint density at radius 2 is 2.50 bits per heavy atom. The summed E-state index contributed by atoms with van der Waals surface area (Å²) < 4.78 is 0. The van der Waals surface area contributed by atoms with Crippen molar-refractivity contribution in [2.75, 3.05) is 13.6 Å². The summed E-state index contributed by atoms with van der Waals surface area (Å²) in [7, 11) is 1.87. The molecule has 0 aromatic rings. The average molecular weight is 166 g/mol. The van der Waals surface area contributed by atoms with E-state index in [2.05, 4.69) is 18.0 Å². The van der Waals surface area contributed by atoms with Gasteiger partial charge in [0.2, 0.25) is 0 Å². The topological polar surface area (TPSA) is 38.4 Å². The average Bonchev–Trinajstić information content (AvgIpc) is 2.52. The van der Waals surface area contributed by atoms with Gasteiger partial charge in [-0.25, -0.2) is 0 Å². The smallest absolute Gasteiger partial charge is 0.0276 e. The molecule has 68 valence electrons. The van der Waals surface area contributed by atoms with Crippen molar-refractivity contribution in [3.05, 3.63) is 11.6 Å². The van der Waals surface area contributed by atoms with Crippen LogP contribution in [0.3, 0.4) is 0 Å². The van der Waals surface area contributed by atoms with Gasteiger partial charge in [-0.2, -0.15) is 0 Å². The fourth-order valence-electron chi connectivity index (χ4n) is 1.90. The molecule has 2 heteroatoms. The second-order valence-corrected chi connectivity index (χ2v) is 3.32. The fraction of sp³-hybridized carbons (Fsp3) is 0.700. The van der Waals surface area contributed by atoms with Crippen molar-refractivity contribution in [2.24, 2.45) is 16.6 Å². The Kier molecular flexibility index (Phi) is 3.48. The number of rotatable bonds is 2. The second-order valence-electron chi connectivity index (χ2n) is 3.32. The van der Waals surface area contributed by atoms with Gasteiger partial charge in [-0.15, -0.1) is 0 Å². The van der Waals surface area contributed by atoms with Crippen LogP contribution >= 0.6 is 0 Å². The minimum Gasteiger partial charge on any atom is -0.327 e. The first kappa shape index (κ1) is 9.46. The van der Waals surface area contributed by atoms with Crippen molar-refractivity contribution in [3.63, 3.8) is 0 Å². The van der Waals surface area contributed by atoms with Crippen LogP contribution in [0.2, 0.25) is 0 Å². The van der Waals surface area contributed by atoms with Crippen molar-refractivity contribution in [1.29, 1.82) is 0 Å². The van der Waals surface area contributed by atoms with Crippen LogP contribution in [0.15, 0.2) is 16.6 Å². The maximum absolute atomic E-state index is 5.50. The van der Waals surface area contributed by atoms with Crippen molar-refractivity contribution in [1.82, 2.24) is 0 Å². The van der Waals surface area contributed by atoms with E-state index in [0.717, 1.165) is 0 Å².